The average Bonchev–Trinajstić information content (AvgIpc) is 3.44. The molecule has 1 aliphatic rings. The molecule has 31 heavy (non-hydrogen) atoms. The third-order valence-electron chi connectivity index (χ3n) is 5.11. The smallest absolute Gasteiger partial charge is 0.255 e. The zero-order valence-electron chi connectivity index (χ0n) is 17.2. The van der Waals surface area contributed by atoms with Crippen LogP contribution in [0.3, 0.4) is 0 Å². The summed E-state index contributed by atoms with van der Waals surface area (Å²) < 4.78 is 0. The van der Waals surface area contributed by atoms with Gasteiger partial charge in [0.1, 0.15) is 0 Å². The molecule has 2 amide bonds. The van der Waals surface area contributed by atoms with E-state index in [1.54, 1.807) is 29.5 Å². The number of amides is 2. The predicted molar refractivity (Wildman–Crippen MR) is 126 cm³/mol. The summed E-state index contributed by atoms with van der Waals surface area (Å²) in [5.74, 6) is -0.255. The van der Waals surface area contributed by atoms with Crippen molar-refractivity contribution in [2.45, 2.75) is 19.8 Å². The fourth-order valence-electron chi connectivity index (χ4n) is 3.57. The molecule has 1 aromatic heterocycles. The highest BCUT2D eigenvalue weighted by atomic mass is 35.5. The summed E-state index contributed by atoms with van der Waals surface area (Å²) in [5, 5.41) is 9.46. The summed E-state index contributed by atoms with van der Waals surface area (Å²) in [4.78, 5) is 31.7. The Morgan fingerprint density at radius 3 is 2.71 bits per heavy atom. The average molecular weight is 455 g/mol. The summed E-state index contributed by atoms with van der Waals surface area (Å²) in [7, 11) is 0. The van der Waals surface area contributed by atoms with Gasteiger partial charge in [-0.25, -0.2) is 4.98 Å². The second-order valence-electron chi connectivity index (χ2n) is 7.42. The Kier molecular flexibility index (Phi) is 6.53. The highest BCUT2D eigenvalue weighted by molar-refractivity contribution is 7.09. The maximum Gasteiger partial charge on any atom is 0.255 e. The van der Waals surface area contributed by atoms with E-state index in [-0.39, 0.29) is 18.4 Å². The van der Waals surface area contributed by atoms with Crippen LogP contribution in [0, 0.1) is 6.92 Å². The summed E-state index contributed by atoms with van der Waals surface area (Å²) in [6, 6.07) is 12.7. The number of rotatable bonds is 6. The third kappa shape index (κ3) is 5.24. The molecule has 0 unspecified atom stereocenters. The molecule has 2 N–H and O–H groups in total. The van der Waals surface area contributed by atoms with Crippen LogP contribution in [-0.4, -0.2) is 41.3 Å². The highest BCUT2D eigenvalue weighted by Gasteiger charge is 2.22. The van der Waals surface area contributed by atoms with Gasteiger partial charge in [0.15, 0.2) is 0 Å². The molecule has 0 saturated carbocycles. The normalized spacial score (nSPS) is 13.3. The Labute approximate surface area is 190 Å². The number of aromatic nitrogens is 1. The van der Waals surface area contributed by atoms with E-state index in [0.29, 0.717) is 22.0 Å². The Balaban J connectivity index is 1.42. The largest absolute Gasteiger partial charge is 0.375 e. The fraction of sp³-hybridized carbons (Fsp3) is 0.261. The predicted octanol–water partition coefficient (Wildman–Crippen LogP) is 5.06. The zero-order chi connectivity index (χ0) is 21.8. The first-order valence-corrected chi connectivity index (χ1v) is 11.4. The number of nitrogens with one attached hydrogen (secondary N) is 2. The number of hydrogen-bond donors (Lipinski definition) is 2. The second kappa shape index (κ2) is 9.49. The molecule has 0 atom stereocenters. The van der Waals surface area contributed by atoms with Crippen molar-refractivity contribution < 1.29 is 9.59 Å². The molecular formula is C23H23ClN4O2S. The van der Waals surface area contributed by atoms with Crippen LogP contribution in [0.4, 0.5) is 11.4 Å². The number of carbonyl (C=O) groups excluding carboxylic acids is 2. The number of thiazole rings is 1. The molecular weight excluding hydrogens is 432 g/mol. The maximum absolute atomic E-state index is 12.8. The van der Waals surface area contributed by atoms with Crippen LogP contribution in [0.25, 0.3) is 11.3 Å². The highest BCUT2D eigenvalue weighted by Crippen LogP contribution is 2.25. The van der Waals surface area contributed by atoms with Gasteiger partial charge in [0.25, 0.3) is 5.91 Å². The molecule has 1 fully saturated rings. The Hall–Kier alpha value is -2.90. The van der Waals surface area contributed by atoms with Crippen molar-refractivity contribution in [3.05, 3.63) is 63.4 Å². The van der Waals surface area contributed by atoms with Gasteiger partial charge < -0.3 is 15.5 Å². The topological polar surface area (TPSA) is 74.3 Å². The lowest BCUT2D eigenvalue weighted by molar-refractivity contribution is -0.114. The minimum absolute atomic E-state index is 0.0145. The van der Waals surface area contributed by atoms with Crippen LogP contribution in [0.1, 0.15) is 28.2 Å². The van der Waals surface area contributed by atoms with E-state index < -0.39 is 0 Å². The van der Waals surface area contributed by atoms with Crippen molar-refractivity contribution in [1.82, 2.24) is 9.88 Å². The maximum atomic E-state index is 12.8. The first kappa shape index (κ1) is 21.3. The van der Waals surface area contributed by atoms with Crippen LogP contribution < -0.4 is 10.6 Å². The van der Waals surface area contributed by atoms with Crippen LogP contribution in [0.2, 0.25) is 5.02 Å². The van der Waals surface area contributed by atoms with Crippen molar-refractivity contribution in [2.24, 2.45) is 0 Å². The molecule has 0 bridgehead atoms. The second-order valence-corrected chi connectivity index (χ2v) is 8.92. The molecule has 2 heterocycles. The Morgan fingerprint density at radius 2 is 1.97 bits per heavy atom. The number of hydrogen-bond acceptors (Lipinski definition) is 5. The van der Waals surface area contributed by atoms with Crippen molar-refractivity contribution in [3.8, 4) is 11.3 Å². The first-order valence-electron chi connectivity index (χ1n) is 10.1. The molecule has 2 aromatic carbocycles. The van der Waals surface area contributed by atoms with Crippen LogP contribution in [0.5, 0.6) is 0 Å². The fourth-order valence-corrected chi connectivity index (χ4v) is 4.37. The molecule has 0 aliphatic carbocycles. The first-order chi connectivity index (χ1) is 15.0. The molecule has 1 saturated heterocycles. The van der Waals surface area contributed by atoms with Crippen LogP contribution >= 0.6 is 22.9 Å². The van der Waals surface area contributed by atoms with Crippen molar-refractivity contribution in [3.63, 3.8) is 0 Å². The molecule has 8 heteroatoms. The van der Waals surface area contributed by atoms with Gasteiger partial charge in [-0.05, 0) is 50.1 Å². The Bertz CT molecular complexity index is 1110. The summed E-state index contributed by atoms with van der Waals surface area (Å²) in [6.07, 6.45) is 2.04. The number of anilines is 2. The van der Waals surface area contributed by atoms with Gasteiger partial charge in [-0.3, -0.25) is 9.59 Å². The molecule has 6 nitrogen and oxygen atoms in total. The van der Waals surface area contributed by atoms with E-state index in [4.69, 9.17) is 11.6 Å². The lowest BCUT2D eigenvalue weighted by Gasteiger charge is -2.18. The van der Waals surface area contributed by atoms with Gasteiger partial charge in [0, 0.05) is 40.4 Å². The number of aryl methyl sites for hydroxylation is 1. The van der Waals surface area contributed by atoms with Gasteiger partial charge >= 0.3 is 0 Å². The Morgan fingerprint density at radius 1 is 1.16 bits per heavy atom. The minimum Gasteiger partial charge on any atom is -0.375 e. The summed E-state index contributed by atoms with van der Waals surface area (Å²) in [6.45, 7) is 3.50. The van der Waals surface area contributed by atoms with E-state index in [1.165, 1.54) is 0 Å². The van der Waals surface area contributed by atoms with E-state index in [1.807, 2.05) is 41.5 Å². The molecule has 3 aromatic rings. The van der Waals surface area contributed by atoms with E-state index in [2.05, 4.69) is 15.6 Å². The van der Waals surface area contributed by atoms with Crippen LogP contribution in [-0.2, 0) is 4.79 Å². The van der Waals surface area contributed by atoms with E-state index in [9.17, 15) is 9.59 Å². The standard InChI is InChI=1S/C23H23ClN4O2S/c1-15-26-21(14-31-15)16-5-4-6-18(11-16)27-22(29)13-25-20-12-17(24)7-8-19(20)23(30)28-9-2-3-10-28/h4-8,11-12,14,25H,2-3,9-10,13H2,1H3,(H,27,29). The van der Waals surface area contributed by atoms with Gasteiger partial charge in [0.2, 0.25) is 5.91 Å². The van der Waals surface area contributed by atoms with Gasteiger partial charge in [0.05, 0.1) is 22.8 Å². The summed E-state index contributed by atoms with van der Waals surface area (Å²) >= 11 is 7.72. The van der Waals surface area contributed by atoms with Crippen LogP contribution in [0.15, 0.2) is 47.8 Å². The lowest BCUT2D eigenvalue weighted by atomic mass is 10.1. The molecule has 1 aliphatic heterocycles. The number of benzene rings is 2. The van der Waals surface area contributed by atoms with Gasteiger partial charge in [-0.15, -0.1) is 11.3 Å². The monoisotopic (exact) mass is 454 g/mol. The number of likely N-dealkylation sites (tertiary alicyclic amines) is 1. The third-order valence-corrected chi connectivity index (χ3v) is 6.11. The van der Waals surface area contributed by atoms with E-state index >= 15 is 0 Å². The zero-order valence-corrected chi connectivity index (χ0v) is 18.7. The van der Waals surface area contributed by atoms with Gasteiger partial charge in [-0.1, -0.05) is 23.7 Å². The quantitative estimate of drug-likeness (QED) is 0.546. The van der Waals surface area contributed by atoms with Crippen molar-refractivity contribution in [1.29, 1.82) is 0 Å². The molecule has 0 radical (unpaired) electrons. The van der Waals surface area contributed by atoms with Crippen molar-refractivity contribution in [2.75, 3.05) is 30.3 Å². The molecule has 0 spiro atoms. The van der Waals surface area contributed by atoms with E-state index in [0.717, 1.165) is 42.2 Å². The molecule has 160 valence electrons. The number of nitrogens with zero attached hydrogens (tertiary/aromatic N) is 2. The lowest BCUT2D eigenvalue weighted by Crippen LogP contribution is -2.29. The molecule has 4 rings (SSSR count). The number of carbonyl (C=O) groups is 2. The van der Waals surface area contributed by atoms with Crippen molar-refractivity contribution >= 4 is 46.1 Å². The minimum atomic E-state index is -0.217. The van der Waals surface area contributed by atoms with Gasteiger partial charge in [-0.2, -0.15) is 0 Å². The number of halogens is 1. The SMILES string of the molecule is Cc1nc(-c2cccc(NC(=O)CNc3cc(Cl)ccc3C(=O)N3CCCC3)c2)cs1. The summed E-state index contributed by atoms with van der Waals surface area (Å²) in [5.41, 5.74) is 3.62.